The zero-order chi connectivity index (χ0) is 19.6. The Hall–Kier alpha value is -2.85. The quantitative estimate of drug-likeness (QED) is 0.651. The van der Waals surface area contributed by atoms with Crippen LogP contribution >= 0.6 is 11.8 Å². The van der Waals surface area contributed by atoms with E-state index in [-0.39, 0.29) is 4.90 Å². The minimum atomic E-state index is -4.12. The number of nitrogens with one attached hydrogen (secondary N) is 1. The number of hydrogen-bond donors (Lipinski definition) is 2. The number of imidazole rings is 1. The summed E-state index contributed by atoms with van der Waals surface area (Å²) in [5, 5.41) is 9.66. The lowest BCUT2D eigenvalue weighted by Crippen LogP contribution is -2.15. The molecule has 1 heterocycles. The topological polar surface area (TPSA) is 101 Å². The fourth-order valence-electron chi connectivity index (χ4n) is 2.23. The van der Waals surface area contributed by atoms with E-state index in [1.807, 2.05) is 7.05 Å². The first-order valence-corrected chi connectivity index (χ1v) is 9.88. The van der Waals surface area contributed by atoms with E-state index in [1.165, 1.54) is 11.8 Å². The standard InChI is InChI=1S/C17H14FN3O4S2/c1-21-9-8-19-17(21)26-15-5-3-2-4-14(15)20-27(24,25)11-6-7-13(18)12(10-11)16(22)23/h2-10,20H,1H3,(H,22,23). The van der Waals surface area contributed by atoms with Gasteiger partial charge in [0.15, 0.2) is 5.16 Å². The Morgan fingerprint density at radius 2 is 2.00 bits per heavy atom. The maximum Gasteiger partial charge on any atom is 0.338 e. The van der Waals surface area contributed by atoms with Crippen molar-refractivity contribution < 1.29 is 22.7 Å². The molecule has 3 rings (SSSR count). The third kappa shape index (κ3) is 4.12. The van der Waals surface area contributed by atoms with E-state index in [0.29, 0.717) is 15.7 Å². The summed E-state index contributed by atoms with van der Waals surface area (Å²) in [6.07, 6.45) is 3.39. The number of sulfonamides is 1. The van der Waals surface area contributed by atoms with Gasteiger partial charge in [-0.05, 0) is 42.1 Å². The maximum atomic E-state index is 13.5. The maximum absolute atomic E-state index is 13.5. The van der Waals surface area contributed by atoms with Crippen molar-refractivity contribution in [3.8, 4) is 0 Å². The van der Waals surface area contributed by atoms with E-state index in [1.54, 1.807) is 41.2 Å². The van der Waals surface area contributed by atoms with Crippen LogP contribution < -0.4 is 4.72 Å². The minimum absolute atomic E-state index is 0.298. The summed E-state index contributed by atoms with van der Waals surface area (Å²) in [6.45, 7) is 0. The molecular formula is C17H14FN3O4S2. The Bertz CT molecular complexity index is 1110. The van der Waals surface area contributed by atoms with Gasteiger partial charge >= 0.3 is 5.97 Å². The molecule has 0 spiro atoms. The van der Waals surface area contributed by atoms with Gasteiger partial charge in [0.25, 0.3) is 10.0 Å². The highest BCUT2D eigenvalue weighted by Crippen LogP contribution is 2.33. The van der Waals surface area contributed by atoms with Crippen LogP contribution in [0, 0.1) is 5.82 Å². The van der Waals surface area contributed by atoms with Gasteiger partial charge in [-0.2, -0.15) is 0 Å². The van der Waals surface area contributed by atoms with Crippen molar-refractivity contribution in [1.29, 1.82) is 0 Å². The summed E-state index contributed by atoms with van der Waals surface area (Å²) in [7, 11) is -2.30. The molecule has 10 heteroatoms. The number of anilines is 1. The van der Waals surface area contributed by atoms with Crippen molar-refractivity contribution in [3.63, 3.8) is 0 Å². The zero-order valence-corrected chi connectivity index (χ0v) is 15.6. The van der Waals surface area contributed by atoms with Gasteiger partial charge in [-0.25, -0.2) is 22.6 Å². The Morgan fingerprint density at radius 1 is 1.26 bits per heavy atom. The van der Waals surface area contributed by atoms with Gasteiger partial charge in [-0.15, -0.1) is 0 Å². The summed E-state index contributed by atoms with van der Waals surface area (Å²) < 4.78 is 43.1. The first kappa shape index (κ1) is 18.9. The number of carboxylic acid groups (broad SMARTS) is 1. The molecule has 0 atom stereocenters. The Balaban J connectivity index is 1.94. The number of para-hydroxylation sites is 1. The van der Waals surface area contributed by atoms with Crippen molar-refractivity contribution in [1.82, 2.24) is 9.55 Å². The molecule has 7 nitrogen and oxygen atoms in total. The molecule has 0 radical (unpaired) electrons. The van der Waals surface area contributed by atoms with Crippen LogP contribution in [-0.4, -0.2) is 29.0 Å². The molecule has 1 aromatic heterocycles. The number of hydrogen-bond acceptors (Lipinski definition) is 5. The van der Waals surface area contributed by atoms with E-state index in [0.717, 1.165) is 18.2 Å². The minimum Gasteiger partial charge on any atom is -0.478 e. The van der Waals surface area contributed by atoms with Gasteiger partial charge in [0, 0.05) is 24.3 Å². The molecule has 0 amide bonds. The van der Waals surface area contributed by atoms with E-state index in [4.69, 9.17) is 5.11 Å². The fraction of sp³-hybridized carbons (Fsp3) is 0.0588. The first-order chi connectivity index (χ1) is 12.8. The van der Waals surface area contributed by atoms with Crippen molar-refractivity contribution in [2.75, 3.05) is 4.72 Å². The number of carbonyl (C=O) groups is 1. The van der Waals surface area contributed by atoms with Crippen molar-refractivity contribution in [3.05, 3.63) is 66.2 Å². The molecule has 0 aliphatic heterocycles. The molecule has 2 aromatic carbocycles. The average molecular weight is 407 g/mol. The number of halogens is 1. The van der Waals surface area contributed by atoms with Crippen molar-refractivity contribution in [2.45, 2.75) is 14.9 Å². The highest BCUT2D eigenvalue weighted by molar-refractivity contribution is 7.99. The van der Waals surface area contributed by atoms with Gasteiger partial charge in [0.2, 0.25) is 0 Å². The number of rotatable bonds is 6. The molecule has 0 bridgehead atoms. The van der Waals surface area contributed by atoms with Crippen molar-refractivity contribution in [2.24, 2.45) is 7.05 Å². The largest absolute Gasteiger partial charge is 0.478 e. The molecule has 140 valence electrons. The van der Waals surface area contributed by atoms with Crippen LogP contribution in [0.4, 0.5) is 10.1 Å². The second-order valence-electron chi connectivity index (χ2n) is 5.47. The third-order valence-electron chi connectivity index (χ3n) is 3.59. The smallest absolute Gasteiger partial charge is 0.338 e. The lowest BCUT2D eigenvalue weighted by Gasteiger charge is -2.12. The van der Waals surface area contributed by atoms with Crippen LogP contribution in [0.1, 0.15) is 10.4 Å². The van der Waals surface area contributed by atoms with Crippen LogP contribution in [0.25, 0.3) is 0 Å². The van der Waals surface area contributed by atoms with Crippen molar-refractivity contribution >= 4 is 33.4 Å². The molecule has 0 aliphatic rings. The number of benzene rings is 2. The molecule has 27 heavy (non-hydrogen) atoms. The van der Waals surface area contributed by atoms with Crippen LogP contribution in [-0.2, 0) is 17.1 Å². The summed E-state index contributed by atoms with van der Waals surface area (Å²) >= 11 is 1.26. The predicted octanol–water partition coefficient (Wildman–Crippen LogP) is 3.21. The summed E-state index contributed by atoms with van der Waals surface area (Å²) in [5.41, 5.74) is -0.416. The molecule has 0 saturated heterocycles. The molecule has 0 unspecified atom stereocenters. The summed E-state index contributed by atoms with van der Waals surface area (Å²) in [4.78, 5) is 15.5. The molecule has 0 saturated carbocycles. The van der Waals surface area contributed by atoms with Gasteiger partial charge in [0.05, 0.1) is 16.1 Å². The lowest BCUT2D eigenvalue weighted by molar-refractivity contribution is 0.0691. The average Bonchev–Trinajstić information content (AvgIpc) is 3.01. The highest BCUT2D eigenvalue weighted by atomic mass is 32.2. The van der Waals surface area contributed by atoms with Gasteiger partial charge in [-0.3, -0.25) is 4.72 Å². The number of nitrogens with zero attached hydrogens (tertiary/aromatic N) is 2. The number of aromatic nitrogens is 2. The third-order valence-corrected chi connectivity index (χ3v) is 6.10. The molecule has 2 N–H and O–H groups in total. The normalized spacial score (nSPS) is 11.3. The second kappa shape index (κ2) is 7.41. The molecular weight excluding hydrogens is 393 g/mol. The second-order valence-corrected chi connectivity index (χ2v) is 8.16. The monoisotopic (exact) mass is 407 g/mol. The number of carboxylic acids is 1. The Labute approximate surface area is 158 Å². The van der Waals surface area contributed by atoms with Gasteiger partial charge in [0.1, 0.15) is 5.82 Å². The fourth-order valence-corrected chi connectivity index (χ4v) is 4.29. The van der Waals surface area contributed by atoms with E-state index >= 15 is 0 Å². The first-order valence-electron chi connectivity index (χ1n) is 7.58. The van der Waals surface area contributed by atoms with E-state index in [9.17, 15) is 17.6 Å². The Morgan fingerprint density at radius 3 is 2.67 bits per heavy atom. The van der Waals surface area contributed by atoms with E-state index < -0.39 is 27.4 Å². The van der Waals surface area contributed by atoms with Gasteiger partial charge < -0.3 is 9.67 Å². The predicted molar refractivity (Wildman–Crippen MR) is 97.9 cm³/mol. The Kier molecular flexibility index (Phi) is 5.19. The number of aromatic carboxylic acids is 1. The van der Waals surface area contributed by atoms with Crippen LogP contribution in [0.15, 0.2) is 69.8 Å². The zero-order valence-electron chi connectivity index (χ0n) is 14.0. The SMILES string of the molecule is Cn1ccnc1Sc1ccccc1NS(=O)(=O)c1ccc(F)c(C(=O)O)c1. The molecule has 0 fully saturated rings. The van der Waals surface area contributed by atoms with Crippen LogP contribution in [0.5, 0.6) is 0 Å². The lowest BCUT2D eigenvalue weighted by atomic mass is 10.2. The van der Waals surface area contributed by atoms with Crippen LogP contribution in [0.2, 0.25) is 0 Å². The van der Waals surface area contributed by atoms with E-state index in [2.05, 4.69) is 9.71 Å². The summed E-state index contributed by atoms with van der Waals surface area (Å²) in [6, 6.07) is 9.33. The van der Waals surface area contributed by atoms with Gasteiger partial charge in [-0.1, -0.05) is 12.1 Å². The highest BCUT2D eigenvalue weighted by Gasteiger charge is 2.20. The number of aryl methyl sites for hydroxylation is 1. The van der Waals surface area contributed by atoms with Crippen LogP contribution in [0.3, 0.4) is 0 Å². The summed E-state index contributed by atoms with van der Waals surface area (Å²) in [5.74, 6) is -2.55. The molecule has 0 aliphatic carbocycles. The molecule has 3 aromatic rings.